The predicted octanol–water partition coefficient (Wildman–Crippen LogP) is 3.77. The van der Waals surface area contributed by atoms with Crippen molar-refractivity contribution in [3.8, 4) is 11.5 Å². The van der Waals surface area contributed by atoms with Crippen molar-refractivity contribution in [2.75, 3.05) is 27.4 Å². The molecule has 3 aromatic carbocycles. The minimum Gasteiger partial charge on any atom is -0.493 e. The zero-order chi connectivity index (χ0) is 22.1. The third-order valence-corrected chi connectivity index (χ3v) is 4.75. The summed E-state index contributed by atoms with van der Waals surface area (Å²) in [5.41, 5.74) is 1.90. The molecule has 0 saturated heterocycles. The van der Waals surface area contributed by atoms with Crippen LogP contribution in [0.2, 0.25) is 0 Å². The van der Waals surface area contributed by atoms with Gasteiger partial charge >= 0.3 is 5.97 Å². The predicted molar refractivity (Wildman–Crippen MR) is 120 cm³/mol. The van der Waals surface area contributed by atoms with Gasteiger partial charge in [0, 0.05) is 12.6 Å². The first-order valence-corrected chi connectivity index (χ1v) is 9.91. The van der Waals surface area contributed by atoms with Crippen LogP contribution in [0, 0.1) is 0 Å². The van der Waals surface area contributed by atoms with Crippen LogP contribution in [0.5, 0.6) is 11.5 Å². The van der Waals surface area contributed by atoms with E-state index in [0.29, 0.717) is 24.5 Å². The number of carbonyl (C=O) groups is 2. The molecule has 0 radical (unpaired) electrons. The third-order valence-electron chi connectivity index (χ3n) is 4.75. The second-order valence-corrected chi connectivity index (χ2v) is 6.80. The van der Waals surface area contributed by atoms with Crippen LogP contribution in [0.3, 0.4) is 0 Å². The van der Waals surface area contributed by atoms with Gasteiger partial charge in [0.05, 0.1) is 14.2 Å². The number of amides is 1. The molecule has 6 heteroatoms. The van der Waals surface area contributed by atoms with Gasteiger partial charge in [0.15, 0.2) is 18.1 Å². The zero-order valence-electron chi connectivity index (χ0n) is 17.6. The van der Waals surface area contributed by atoms with Crippen LogP contribution >= 0.6 is 0 Å². The van der Waals surface area contributed by atoms with Gasteiger partial charge in [0.1, 0.15) is 0 Å². The summed E-state index contributed by atoms with van der Waals surface area (Å²) in [4.78, 5) is 23.9. The van der Waals surface area contributed by atoms with Crippen molar-refractivity contribution in [2.24, 2.45) is 0 Å². The van der Waals surface area contributed by atoms with Crippen LogP contribution in [0.25, 0.3) is 16.8 Å². The first kappa shape index (κ1) is 21.9. The first-order chi connectivity index (χ1) is 15.1. The van der Waals surface area contributed by atoms with E-state index in [9.17, 15) is 9.59 Å². The number of fused-ring (bicyclic) bond motifs is 1. The molecular weight excluding hydrogens is 394 g/mol. The molecule has 6 nitrogen and oxygen atoms in total. The lowest BCUT2D eigenvalue weighted by Gasteiger charge is -2.10. The SMILES string of the molecule is COc1ccc(CCNC(=O)COC(=O)/C=C/c2cccc3ccccc23)cc1OC. The molecule has 0 aliphatic rings. The van der Waals surface area contributed by atoms with E-state index >= 15 is 0 Å². The average Bonchev–Trinajstić information content (AvgIpc) is 2.81. The van der Waals surface area contributed by atoms with Gasteiger partial charge in [-0.15, -0.1) is 0 Å². The molecule has 0 fully saturated rings. The van der Waals surface area contributed by atoms with Gasteiger partial charge in [0.2, 0.25) is 0 Å². The van der Waals surface area contributed by atoms with Crippen molar-refractivity contribution < 1.29 is 23.8 Å². The van der Waals surface area contributed by atoms with Crippen molar-refractivity contribution in [3.63, 3.8) is 0 Å². The topological polar surface area (TPSA) is 73.9 Å². The summed E-state index contributed by atoms with van der Waals surface area (Å²) in [6, 6.07) is 19.4. The molecule has 31 heavy (non-hydrogen) atoms. The largest absolute Gasteiger partial charge is 0.493 e. The van der Waals surface area contributed by atoms with Crippen LogP contribution < -0.4 is 14.8 Å². The molecule has 0 aromatic heterocycles. The van der Waals surface area contributed by atoms with E-state index in [-0.39, 0.29) is 12.5 Å². The van der Waals surface area contributed by atoms with Gasteiger partial charge < -0.3 is 19.5 Å². The highest BCUT2D eigenvalue weighted by Gasteiger charge is 2.07. The number of ether oxygens (including phenoxy) is 3. The van der Waals surface area contributed by atoms with Gasteiger partial charge in [0.25, 0.3) is 5.91 Å². The highest BCUT2D eigenvalue weighted by Crippen LogP contribution is 2.27. The van der Waals surface area contributed by atoms with E-state index in [0.717, 1.165) is 21.9 Å². The highest BCUT2D eigenvalue weighted by atomic mass is 16.5. The van der Waals surface area contributed by atoms with Crippen LogP contribution in [0.1, 0.15) is 11.1 Å². The van der Waals surface area contributed by atoms with E-state index in [4.69, 9.17) is 14.2 Å². The molecule has 3 rings (SSSR count). The number of nitrogens with one attached hydrogen (secondary N) is 1. The van der Waals surface area contributed by atoms with E-state index in [2.05, 4.69) is 5.32 Å². The molecule has 1 amide bonds. The number of methoxy groups -OCH3 is 2. The Balaban J connectivity index is 1.44. The molecular formula is C25H25NO5. The summed E-state index contributed by atoms with van der Waals surface area (Å²) in [6.45, 7) is 0.0857. The van der Waals surface area contributed by atoms with Crippen molar-refractivity contribution >= 4 is 28.7 Å². The van der Waals surface area contributed by atoms with Crippen LogP contribution in [0.15, 0.2) is 66.7 Å². The Morgan fingerprint density at radius 2 is 1.71 bits per heavy atom. The Morgan fingerprint density at radius 1 is 0.935 bits per heavy atom. The standard InChI is InChI=1S/C25H25NO5/c1-29-22-12-10-18(16-23(22)30-2)14-15-26-24(27)17-31-25(28)13-11-20-8-5-7-19-6-3-4-9-21(19)20/h3-13,16H,14-15,17H2,1-2H3,(H,26,27)/b13-11+. The fourth-order valence-electron chi connectivity index (χ4n) is 3.17. The summed E-state index contributed by atoms with van der Waals surface area (Å²) in [5, 5.41) is 4.87. The van der Waals surface area contributed by atoms with E-state index in [1.807, 2.05) is 60.7 Å². The summed E-state index contributed by atoms with van der Waals surface area (Å²) in [5.74, 6) is 0.368. The Bertz CT molecular complexity index is 1080. The van der Waals surface area contributed by atoms with Crippen LogP contribution in [-0.4, -0.2) is 39.2 Å². The molecule has 0 saturated carbocycles. The van der Waals surface area contributed by atoms with Gasteiger partial charge in [-0.1, -0.05) is 48.5 Å². The second-order valence-electron chi connectivity index (χ2n) is 6.80. The van der Waals surface area contributed by atoms with Gasteiger partial charge in [-0.05, 0) is 46.5 Å². The van der Waals surface area contributed by atoms with Crippen molar-refractivity contribution in [1.29, 1.82) is 0 Å². The lowest BCUT2D eigenvalue weighted by Crippen LogP contribution is -2.30. The normalized spacial score (nSPS) is 10.8. The number of rotatable bonds is 9. The third kappa shape index (κ3) is 6.09. The summed E-state index contributed by atoms with van der Waals surface area (Å²) >= 11 is 0. The number of hydrogen-bond acceptors (Lipinski definition) is 5. The molecule has 0 heterocycles. The molecule has 0 spiro atoms. The average molecular weight is 419 g/mol. The van der Waals surface area contributed by atoms with Crippen LogP contribution in [-0.2, 0) is 20.7 Å². The minimum atomic E-state index is -0.567. The van der Waals surface area contributed by atoms with E-state index in [1.165, 1.54) is 6.08 Å². The van der Waals surface area contributed by atoms with Gasteiger partial charge in [-0.2, -0.15) is 0 Å². The molecule has 0 aliphatic carbocycles. The minimum absolute atomic E-state index is 0.329. The molecule has 0 aliphatic heterocycles. The fraction of sp³-hybridized carbons (Fsp3) is 0.200. The first-order valence-electron chi connectivity index (χ1n) is 9.91. The number of carbonyl (C=O) groups excluding carboxylic acids is 2. The summed E-state index contributed by atoms with van der Waals surface area (Å²) in [7, 11) is 3.16. The molecule has 0 bridgehead atoms. The quantitative estimate of drug-likeness (QED) is 0.422. The Morgan fingerprint density at radius 3 is 2.52 bits per heavy atom. The summed E-state index contributed by atoms with van der Waals surface area (Å²) < 4.78 is 15.5. The van der Waals surface area contributed by atoms with Crippen molar-refractivity contribution in [3.05, 3.63) is 77.9 Å². The lowest BCUT2D eigenvalue weighted by atomic mass is 10.0. The molecule has 1 N–H and O–H groups in total. The van der Waals surface area contributed by atoms with E-state index < -0.39 is 5.97 Å². The maximum absolute atomic E-state index is 12.0. The Hall–Kier alpha value is -3.80. The number of hydrogen-bond donors (Lipinski definition) is 1. The molecule has 0 unspecified atom stereocenters. The molecule has 160 valence electrons. The number of benzene rings is 3. The Kier molecular flexibility index (Phi) is 7.65. The fourth-order valence-corrected chi connectivity index (χ4v) is 3.17. The second kappa shape index (κ2) is 10.8. The van der Waals surface area contributed by atoms with E-state index in [1.54, 1.807) is 20.3 Å². The Labute approximate surface area is 181 Å². The van der Waals surface area contributed by atoms with Crippen molar-refractivity contribution in [2.45, 2.75) is 6.42 Å². The molecule has 3 aromatic rings. The zero-order valence-corrected chi connectivity index (χ0v) is 17.6. The summed E-state index contributed by atoms with van der Waals surface area (Å²) in [6.07, 6.45) is 3.64. The van der Waals surface area contributed by atoms with Gasteiger partial charge in [-0.3, -0.25) is 4.79 Å². The smallest absolute Gasteiger partial charge is 0.331 e. The van der Waals surface area contributed by atoms with Gasteiger partial charge in [-0.25, -0.2) is 4.79 Å². The molecule has 0 atom stereocenters. The maximum atomic E-state index is 12.0. The van der Waals surface area contributed by atoms with Crippen molar-refractivity contribution in [1.82, 2.24) is 5.32 Å². The number of esters is 1. The highest BCUT2D eigenvalue weighted by molar-refractivity contribution is 5.95. The lowest BCUT2D eigenvalue weighted by molar-refractivity contribution is -0.143. The van der Waals surface area contributed by atoms with Crippen LogP contribution in [0.4, 0.5) is 0 Å². The maximum Gasteiger partial charge on any atom is 0.331 e. The monoisotopic (exact) mass is 419 g/mol.